The van der Waals surface area contributed by atoms with Crippen LogP contribution >= 0.6 is 22.7 Å². The number of carbonyl (C=O) groups excluding carboxylic acids is 2. The van der Waals surface area contributed by atoms with Crippen LogP contribution in [0.1, 0.15) is 31.4 Å². The lowest BCUT2D eigenvalue weighted by molar-refractivity contribution is -0.139. The van der Waals surface area contributed by atoms with Gasteiger partial charge in [0.05, 0.1) is 5.69 Å². The van der Waals surface area contributed by atoms with E-state index in [-0.39, 0.29) is 23.7 Å². The number of carbonyl (C=O) groups is 2. The second-order valence-electron chi connectivity index (χ2n) is 7.99. The molecule has 11 heteroatoms. The van der Waals surface area contributed by atoms with E-state index < -0.39 is 10.0 Å². The van der Waals surface area contributed by atoms with Gasteiger partial charge in [0.25, 0.3) is 10.0 Å². The maximum absolute atomic E-state index is 13.0. The van der Waals surface area contributed by atoms with E-state index in [0.29, 0.717) is 61.2 Å². The van der Waals surface area contributed by atoms with Crippen molar-refractivity contribution >= 4 is 49.6 Å². The molecule has 2 aliphatic heterocycles. The summed E-state index contributed by atoms with van der Waals surface area (Å²) < 4.78 is 27.2. The van der Waals surface area contributed by atoms with Gasteiger partial charge in [0.2, 0.25) is 11.8 Å². The Morgan fingerprint density at radius 2 is 1.74 bits per heavy atom. The standard InChI is InChI=1S/C20H26N4O4S3/c1-14-13-30-20(21-14)22-18(25)15-4-8-23(9-5-15)19(26)16-6-10-24(11-7-16)31(27,28)17-3-2-12-29-17/h2-3,12-13,15-16H,4-11H2,1H3,(H,21,22,25). The molecule has 4 rings (SSSR count). The highest BCUT2D eigenvalue weighted by Crippen LogP contribution is 2.29. The summed E-state index contributed by atoms with van der Waals surface area (Å²) in [7, 11) is -3.46. The van der Waals surface area contributed by atoms with E-state index in [1.165, 1.54) is 27.0 Å². The van der Waals surface area contributed by atoms with E-state index in [1.54, 1.807) is 17.5 Å². The van der Waals surface area contributed by atoms with E-state index in [9.17, 15) is 18.0 Å². The van der Waals surface area contributed by atoms with Crippen molar-refractivity contribution in [1.82, 2.24) is 14.2 Å². The molecule has 8 nitrogen and oxygen atoms in total. The lowest BCUT2D eigenvalue weighted by Crippen LogP contribution is -2.47. The monoisotopic (exact) mass is 482 g/mol. The second-order valence-corrected chi connectivity index (χ2v) is 12.0. The lowest BCUT2D eigenvalue weighted by atomic mass is 9.92. The zero-order valence-corrected chi connectivity index (χ0v) is 19.8. The number of anilines is 1. The Kier molecular flexibility index (Phi) is 6.75. The van der Waals surface area contributed by atoms with Gasteiger partial charge in [-0.2, -0.15) is 4.31 Å². The number of likely N-dealkylation sites (tertiary alicyclic amines) is 1. The highest BCUT2D eigenvalue weighted by Gasteiger charge is 2.36. The molecule has 2 amide bonds. The first-order valence-electron chi connectivity index (χ1n) is 10.4. The SMILES string of the molecule is Cc1csc(NC(=O)C2CCN(C(=O)C3CCN(S(=O)(=O)c4cccs4)CC3)CC2)n1. The Morgan fingerprint density at radius 1 is 1.06 bits per heavy atom. The molecule has 1 N–H and O–H groups in total. The molecule has 0 atom stereocenters. The molecule has 0 radical (unpaired) electrons. The quantitative estimate of drug-likeness (QED) is 0.706. The number of hydrogen-bond donors (Lipinski definition) is 1. The molecule has 0 unspecified atom stereocenters. The third-order valence-corrected chi connectivity index (χ3v) is 10.1. The molecule has 168 valence electrons. The number of sulfonamides is 1. The summed E-state index contributed by atoms with van der Waals surface area (Å²) in [6, 6.07) is 3.35. The molecule has 2 aromatic heterocycles. The maximum atomic E-state index is 13.0. The first kappa shape index (κ1) is 22.4. The molecule has 0 bridgehead atoms. The molecule has 0 saturated carbocycles. The van der Waals surface area contributed by atoms with Crippen molar-refractivity contribution in [3.05, 3.63) is 28.6 Å². The Hall–Kier alpha value is -1.82. The minimum atomic E-state index is -3.46. The number of piperidine rings is 2. The van der Waals surface area contributed by atoms with Gasteiger partial charge in [-0.3, -0.25) is 9.59 Å². The van der Waals surface area contributed by atoms with Gasteiger partial charge >= 0.3 is 0 Å². The predicted octanol–water partition coefficient (Wildman–Crippen LogP) is 2.79. The predicted molar refractivity (Wildman–Crippen MR) is 121 cm³/mol. The van der Waals surface area contributed by atoms with Crippen LogP contribution in [0.5, 0.6) is 0 Å². The van der Waals surface area contributed by atoms with Gasteiger partial charge in [0.15, 0.2) is 5.13 Å². The molecule has 31 heavy (non-hydrogen) atoms. The summed E-state index contributed by atoms with van der Waals surface area (Å²) in [5.74, 6) is -0.222. The van der Waals surface area contributed by atoms with Gasteiger partial charge in [-0.15, -0.1) is 22.7 Å². The van der Waals surface area contributed by atoms with Crippen molar-refractivity contribution < 1.29 is 18.0 Å². The fraction of sp³-hybridized carbons (Fsp3) is 0.550. The fourth-order valence-electron chi connectivity index (χ4n) is 4.12. The smallest absolute Gasteiger partial charge is 0.252 e. The zero-order chi connectivity index (χ0) is 22.0. The number of hydrogen-bond acceptors (Lipinski definition) is 7. The van der Waals surface area contributed by atoms with E-state index in [4.69, 9.17) is 0 Å². The molecule has 0 aromatic carbocycles. The number of amides is 2. The van der Waals surface area contributed by atoms with Crippen LogP contribution in [0, 0.1) is 18.8 Å². The molecule has 0 aliphatic carbocycles. The minimum Gasteiger partial charge on any atom is -0.342 e. The van der Waals surface area contributed by atoms with Crippen molar-refractivity contribution in [3.8, 4) is 0 Å². The van der Waals surface area contributed by atoms with Crippen molar-refractivity contribution in [2.24, 2.45) is 11.8 Å². The number of thiophene rings is 1. The Balaban J connectivity index is 1.25. The van der Waals surface area contributed by atoms with Crippen molar-refractivity contribution in [3.63, 3.8) is 0 Å². The Morgan fingerprint density at radius 3 is 2.32 bits per heavy atom. The van der Waals surface area contributed by atoms with Crippen LogP contribution in [0.25, 0.3) is 0 Å². The molecule has 4 heterocycles. The van der Waals surface area contributed by atoms with Crippen LogP contribution in [0.2, 0.25) is 0 Å². The van der Waals surface area contributed by atoms with E-state index in [1.807, 2.05) is 17.2 Å². The van der Waals surface area contributed by atoms with Crippen LogP contribution < -0.4 is 5.32 Å². The summed E-state index contributed by atoms with van der Waals surface area (Å²) in [4.78, 5) is 31.5. The molecule has 2 aromatic rings. The average molecular weight is 483 g/mol. The zero-order valence-electron chi connectivity index (χ0n) is 17.3. The normalized spacial score (nSPS) is 19.5. The summed E-state index contributed by atoms with van der Waals surface area (Å²) in [5.41, 5.74) is 0.884. The van der Waals surface area contributed by atoms with Gasteiger partial charge in [0, 0.05) is 43.4 Å². The average Bonchev–Trinajstić information content (AvgIpc) is 3.46. The highest BCUT2D eigenvalue weighted by molar-refractivity contribution is 7.91. The lowest BCUT2D eigenvalue weighted by Gasteiger charge is -2.36. The molecule has 0 spiro atoms. The summed E-state index contributed by atoms with van der Waals surface area (Å²) in [5, 5.41) is 7.14. The van der Waals surface area contributed by atoms with Crippen molar-refractivity contribution in [1.29, 1.82) is 0 Å². The van der Waals surface area contributed by atoms with Gasteiger partial charge < -0.3 is 10.2 Å². The largest absolute Gasteiger partial charge is 0.342 e. The van der Waals surface area contributed by atoms with E-state index >= 15 is 0 Å². The van der Waals surface area contributed by atoms with Crippen LogP contribution in [-0.4, -0.2) is 60.6 Å². The minimum absolute atomic E-state index is 0.0338. The third kappa shape index (κ3) is 5.00. The van der Waals surface area contributed by atoms with Crippen molar-refractivity contribution in [2.45, 2.75) is 36.8 Å². The van der Waals surface area contributed by atoms with Crippen molar-refractivity contribution in [2.75, 3.05) is 31.5 Å². The fourth-order valence-corrected chi connectivity index (χ4v) is 7.43. The van der Waals surface area contributed by atoms with Crippen LogP contribution in [-0.2, 0) is 19.6 Å². The number of aromatic nitrogens is 1. The summed E-state index contributed by atoms with van der Waals surface area (Å²) in [6.45, 7) is 3.73. The molecule has 2 saturated heterocycles. The molecular weight excluding hydrogens is 456 g/mol. The molecule has 2 fully saturated rings. The highest BCUT2D eigenvalue weighted by atomic mass is 32.2. The topological polar surface area (TPSA) is 99.7 Å². The van der Waals surface area contributed by atoms with E-state index in [2.05, 4.69) is 10.3 Å². The molecule has 2 aliphatic rings. The van der Waals surface area contributed by atoms with Gasteiger partial charge in [-0.1, -0.05) is 6.07 Å². The van der Waals surface area contributed by atoms with Gasteiger partial charge in [0.1, 0.15) is 4.21 Å². The van der Waals surface area contributed by atoms with Gasteiger partial charge in [-0.25, -0.2) is 13.4 Å². The Bertz CT molecular complexity index is 1020. The van der Waals surface area contributed by atoms with E-state index in [0.717, 1.165) is 5.69 Å². The summed E-state index contributed by atoms with van der Waals surface area (Å²) in [6.07, 6.45) is 2.33. The molecular formula is C20H26N4O4S3. The van der Waals surface area contributed by atoms with Crippen LogP contribution in [0.4, 0.5) is 5.13 Å². The number of nitrogens with one attached hydrogen (secondary N) is 1. The number of thiazole rings is 1. The number of rotatable bonds is 5. The second kappa shape index (κ2) is 9.35. The van der Waals surface area contributed by atoms with Crippen LogP contribution in [0.15, 0.2) is 27.1 Å². The number of nitrogens with zero attached hydrogens (tertiary/aromatic N) is 3. The maximum Gasteiger partial charge on any atom is 0.252 e. The first-order valence-corrected chi connectivity index (χ1v) is 13.6. The Labute approximate surface area is 190 Å². The number of aryl methyl sites for hydroxylation is 1. The van der Waals surface area contributed by atoms with Crippen LogP contribution in [0.3, 0.4) is 0 Å². The van der Waals surface area contributed by atoms with Gasteiger partial charge in [-0.05, 0) is 44.1 Å². The first-order chi connectivity index (χ1) is 14.8. The third-order valence-electron chi connectivity index (χ3n) is 5.92. The summed E-state index contributed by atoms with van der Waals surface area (Å²) >= 11 is 2.63.